The van der Waals surface area contributed by atoms with E-state index in [1.807, 2.05) is 0 Å². The van der Waals surface area contributed by atoms with Crippen molar-refractivity contribution in [2.45, 2.75) is 41.3 Å². The Balaban J connectivity index is 1.52. The molecule has 1 aromatic carbocycles. The van der Waals surface area contributed by atoms with Crippen LogP contribution < -0.4 is 11.0 Å². The van der Waals surface area contributed by atoms with Crippen LogP contribution in [0.3, 0.4) is 0 Å². The maximum atomic E-state index is 12.3. The minimum Gasteiger partial charge on any atom is -0.376 e. The lowest BCUT2D eigenvalue weighted by Gasteiger charge is -2.11. The zero-order chi connectivity index (χ0) is 19.2. The van der Waals surface area contributed by atoms with Gasteiger partial charge in [0.15, 0.2) is 5.16 Å². The number of carbonyl (C=O) groups excluding carboxylic acids is 1. The molecule has 1 aliphatic heterocycles. The van der Waals surface area contributed by atoms with Crippen LogP contribution in [0.5, 0.6) is 0 Å². The normalized spacial score (nSPS) is 16.8. The molecule has 0 aliphatic carbocycles. The number of hydrogen-bond donors (Lipinski definition) is 2. The summed E-state index contributed by atoms with van der Waals surface area (Å²) in [7, 11) is 0. The van der Waals surface area contributed by atoms with E-state index < -0.39 is 5.76 Å². The third kappa shape index (κ3) is 5.81. The number of rotatable bonds is 8. The Morgan fingerprint density at radius 2 is 2.19 bits per heavy atom. The molecule has 1 saturated heterocycles. The zero-order valence-corrected chi connectivity index (χ0v) is 15.8. The first-order valence-electron chi connectivity index (χ1n) is 8.25. The average molecular weight is 416 g/mol. The van der Waals surface area contributed by atoms with Gasteiger partial charge in [-0.15, -0.1) is 5.10 Å². The molecule has 1 fully saturated rings. The molecule has 27 heavy (non-hydrogen) atoms. The number of aromatic nitrogens is 3. The molecule has 2 heterocycles. The van der Waals surface area contributed by atoms with Gasteiger partial charge in [0.05, 0.1) is 18.4 Å². The van der Waals surface area contributed by atoms with Gasteiger partial charge in [0.1, 0.15) is 0 Å². The average Bonchev–Trinajstić information content (AvgIpc) is 3.26. The summed E-state index contributed by atoms with van der Waals surface area (Å²) < 4.78 is 31.6. The molecule has 1 atom stereocenters. The number of anilines is 1. The van der Waals surface area contributed by atoms with Crippen LogP contribution in [-0.2, 0) is 16.1 Å². The minimum absolute atomic E-state index is 0.0156. The van der Waals surface area contributed by atoms with Crippen molar-refractivity contribution in [2.75, 3.05) is 17.7 Å². The SMILES string of the molecule is O=C(CSc1n[nH]c(=O)n1C[C@H]1CCCO1)Nc1ccc(SC(F)F)cc1. The Kier molecular flexibility index (Phi) is 6.91. The van der Waals surface area contributed by atoms with Crippen LogP contribution in [0.15, 0.2) is 39.1 Å². The summed E-state index contributed by atoms with van der Waals surface area (Å²) in [5, 5.41) is 9.46. The quantitative estimate of drug-likeness (QED) is 0.644. The smallest absolute Gasteiger partial charge is 0.344 e. The summed E-state index contributed by atoms with van der Waals surface area (Å²) in [6, 6.07) is 6.17. The highest BCUT2D eigenvalue weighted by molar-refractivity contribution is 8.00. The Labute approximate surface area is 162 Å². The topological polar surface area (TPSA) is 89.0 Å². The van der Waals surface area contributed by atoms with Crippen molar-refractivity contribution >= 4 is 35.1 Å². The Morgan fingerprint density at radius 3 is 2.85 bits per heavy atom. The van der Waals surface area contributed by atoms with Gasteiger partial charge in [0.25, 0.3) is 5.76 Å². The van der Waals surface area contributed by atoms with E-state index in [0.29, 0.717) is 40.7 Å². The largest absolute Gasteiger partial charge is 0.376 e. The number of carbonyl (C=O) groups is 1. The first kappa shape index (κ1) is 19.9. The molecule has 1 aliphatic rings. The van der Waals surface area contributed by atoms with Gasteiger partial charge in [-0.1, -0.05) is 23.5 Å². The Morgan fingerprint density at radius 1 is 1.41 bits per heavy atom. The molecule has 146 valence electrons. The zero-order valence-electron chi connectivity index (χ0n) is 14.2. The summed E-state index contributed by atoms with van der Waals surface area (Å²) in [6.07, 6.45) is 1.84. The van der Waals surface area contributed by atoms with E-state index in [2.05, 4.69) is 15.5 Å². The van der Waals surface area contributed by atoms with E-state index in [9.17, 15) is 18.4 Å². The molecular formula is C16H18F2N4O3S2. The molecule has 0 bridgehead atoms. The van der Waals surface area contributed by atoms with Gasteiger partial charge in [-0.3, -0.25) is 9.36 Å². The van der Waals surface area contributed by atoms with E-state index in [4.69, 9.17) is 4.74 Å². The molecule has 7 nitrogen and oxygen atoms in total. The first-order chi connectivity index (χ1) is 13.0. The summed E-state index contributed by atoms with van der Waals surface area (Å²) in [4.78, 5) is 24.4. The van der Waals surface area contributed by atoms with Crippen molar-refractivity contribution in [1.82, 2.24) is 14.8 Å². The van der Waals surface area contributed by atoms with Crippen LogP contribution >= 0.6 is 23.5 Å². The number of aromatic amines is 1. The highest BCUT2D eigenvalue weighted by Gasteiger charge is 2.20. The van der Waals surface area contributed by atoms with Gasteiger partial charge in [0.2, 0.25) is 5.91 Å². The lowest BCUT2D eigenvalue weighted by molar-refractivity contribution is -0.113. The van der Waals surface area contributed by atoms with Gasteiger partial charge in [-0.25, -0.2) is 9.89 Å². The second-order valence-electron chi connectivity index (χ2n) is 5.80. The van der Waals surface area contributed by atoms with Crippen molar-refractivity contribution in [3.8, 4) is 0 Å². The van der Waals surface area contributed by atoms with E-state index in [1.54, 1.807) is 12.1 Å². The number of halogens is 2. The molecule has 0 radical (unpaired) electrons. The fourth-order valence-corrected chi connectivity index (χ4v) is 3.87. The Hall–Kier alpha value is -1.85. The predicted octanol–water partition coefficient (Wildman–Crippen LogP) is 2.80. The number of thioether (sulfide) groups is 2. The monoisotopic (exact) mass is 416 g/mol. The van der Waals surface area contributed by atoms with Crippen LogP contribution in [0, 0.1) is 0 Å². The summed E-state index contributed by atoms with van der Waals surface area (Å²) in [5.74, 6) is -2.71. The van der Waals surface area contributed by atoms with Gasteiger partial charge in [-0.2, -0.15) is 8.78 Å². The third-order valence-corrected chi connectivity index (χ3v) is 5.53. The van der Waals surface area contributed by atoms with Gasteiger partial charge >= 0.3 is 5.69 Å². The predicted molar refractivity (Wildman–Crippen MR) is 99.5 cm³/mol. The second-order valence-corrected chi connectivity index (χ2v) is 7.80. The van der Waals surface area contributed by atoms with E-state index in [-0.39, 0.29) is 23.5 Å². The molecular weight excluding hydrogens is 398 g/mol. The number of H-pyrrole nitrogens is 1. The fourth-order valence-electron chi connectivity index (χ4n) is 2.61. The third-order valence-electron chi connectivity index (χ3n) is 3.83. The van der Waals surface area contributed by atoms with Crippen molar-refractivity contribution in [2.24, 2.45) is 0 Å². The molecule has 3 rings (SSSR count). The standard InChI is InChI=1S/C16H18F2N4O3S2/c17-14(18)27-12-5-3-10(4-6-12)19-13(23)9-26-16-21-20-15(24)22(16)8-11-2-1-7-25-11/h3-6,11,14H,1-2,7-9H2,(H,19,23)(H,20,24)/t11-/m1/s1. The molecule has 1 amide bonds. The van der Waals surface area contributed by atoms with Gasteiger partial charge < -0.3 is 10.1 Å². The second kappa shape index (κ2) is 9.38. The van der Waals surface area contributed by atoms with Crippen LogP contribution in [0.1, 0.15) is 12.8 Å². The molecule has 2 aromatic rings. The van der Waals surface area contributed by atoms with Crippen LogP contribution in [0.25, 0.3) is 0 Å². The van der Waals surface area contributed by atoms with E-state index in [1.165, 1.54) is 16.7 Å². The van der Waals surface area contributed by atoms with E-state index in [0.717, 1.165) is 24.6 Å². The number of alkyl halides is 2. The lowest BCUT2D eigenvalue weighted by atomic mass is 10.2. The van der Waals surface area contributed by atoms with Gasteiger partial charge in [0, 0.05) is 17.2 Å². The van der Waals surface area contributed by atoms with Crippen molar-refractivity contribution in [3.05, 3.63) is 34.7 Å². The highest BCUT2D eigenvalue weighted by atomic mass is 32.2. The number of hydrogen-bond acceptors (Lipinski definition) is 6. The summed E-state index contributed by atoms with van der Waals surface area (Å²) in [6.45, 7) is 1.10. The van der Waals surface area contributed by atoms with E-state index >= 15 is 0 Å². The molecule has 0 spiro atoms. The van der Waals surface area contributed by atoms with Crippen LogP contribution in [0.4, 0.5) is 14.5 Å². The molecule has 2 N–H and O–H groups in total. The number of ether oxygens (including phenoxy) is 1. The number of amides is 1. The van der Waals surface area contributed by atoms with Gasteiger partial charge in [-0.05, 0) is 37.1 Å². The molecule has 0 saturated carbocycles. The summed E-state index contributed by atoms with van der Waals surface area (Å²) >= 11 is 1.59. The fraction of sp³-hybridized carbons (Fsp3) is 0.438. The van der Waals surface area contributed by atoms with Crippen LogP contribution in [0.2, 0.25) is 0 Å². The summed E-state index contributed by atoms with van der Waals surface area (Å²) in [5.41, 5.74) is 0.179. The Bertz CT molecular complexity index is 820. The highest BCUT2D eigenvalue weighted by Crippen LogP contribution is 2.26. The first-order valence-corrected chi connectivity index (χ1v) is 10.1. The molecule has 11 heteroatoms. The van der Waals surface area contributed by atoms with Crippen molar-refractivity contribution in [3.63, 3.8) is 0 Å². The molecule has 0 unspecified atom stereocenters. The number of benzene rings is 1. The minimum atomic E-state index is -2.48. The number of nitrogens with one attached hydrogen (secondary N) is 2. The maximum absolute atomic E-state index is 12.3. The number of nitrogens with zero attached hydrogens (tertiary/aromatic N) is 2. The molecule has 1 aromatic heterocycles. The maximum Gasteiger partial charge on any atom is 0.344 e. The van der Waals surface area contributed by atoms with Crippen LogP contribution in [-0.4, -0.2) is 44.9 Å². The lowest BCUT2D eigenvalue weighted by Crippen LogP contribution is -2.25. The van der Waals surface area contributed by atoms with Crippen molar-refractivity contribution < 1.29 is 18.3 Å². The van der Waals surface area contributed by atoms with Crippen molar-refractivity contribution in [1.29, 1.82) is 0 Å².